The molecule has 2 nitrogen and oxygen atoms in total. The van der Waals surface area contributed by atoms with E-state index < -0.39 is 0 Å². The minimum Gasteiger partial charge on any atom is -0.293 e. The standard InChI is InChI=1S/C15H20FNO/c1-2-3-10-17(14-8-9-14)11-15(18)12-4-6-13(16)7-5-12/h4-7,14H,2-3,8-11H2,1H3. The molecule has 1 aromatic carbocycles. The van der Waals surface area contributed by atoms with Gasteiger partial charge in [-0.1, -0.05) is 13.3 Å². The summed E-state index contributed by atoms with van der Waals surface area (Å²) in [6.45, 7) is 3.62. The van der Waals surface area contributed by atoms with Gasteiger partial charge < -0.3 is 0 Å². The molecule has 1 aliphatic rings. The number of nitrogens with zero attached hydrogens (tertiary/aromatic N) is 1. The Morgan fingerprint density at radius 3 is 2.56 bits per heavy atom. The normalized spacial score (nSPS) is 15.1. The maximum Gasteiger partial charge on any atom is 0.176 e. The van der Waals surface area contributed by atoms with E-state index in [4.69, 9.17) is 0 Å². The Bertz CT molecular complexity index is 397. The minimum absolute atomic E-state index is 0.0954. The summed E-state index contributed by atoms with van der Waals surface area (Å²) in [5, 5.41) is 0. The summed E-state index contributed by atoms with van der Waals surface area (Å²) in [4.78, 5) is 14.4. The maximum atomic E-state index is 12.8. The molecule has 0 spiro atoms. The maximum absolute atomic E-state index is 12.8. The summed E-state index contributed by atoms with van der Waals surface area (Å²) in [6.07, 6.45) is 4.70. The van der Waals surface area contributed by atoms with E-state index in [1.807, 2.05) is 0 Å². The highest BCUT2D eigenvalue weighted by Crippen LogP contribution is 2.27. The molecule has 0 bridgehead atoms. The summed E-state index contributed by atoms with van der Waals surface area (Å²) >= 11 is 0. The third kappa shape index (κ3) is 3.64. The molecular formula is C15H20FNO. The first-order valence-electron chi connectivity index (χ1n) is 6.73. The lowest BCUT2D eigenvalue weighted by Gasteiger charge is -2.20. The van der Waals surface area contributed by atoms with Gasteiger partial charge in [-0.2, -0.15) is 0 Å². The van der Waals surface area contributed by atoms with Gasteiger partial charge in [0.05, 0.1) is 6.54 Å². The molecule has 2 rings (SSSR count). The zero-order chi connectivity index (χ0) is 13.0. The van der Waals surface area contributed by atoms with Crippen molar-refractivity contribution in [2.45, 2.75) is 38.6 Å². The lowest BCUT2D eigenvalue weighted by atomic mass is 10.1. The van der Waals surface area contributed by atoms with Gasteiger partial charge in [-0.25, -0.2) is 4.39 Å². The van der Waals surface area contributed by atoms with E-state index in [0.717, 1.165) is 19.4 Å². The summed E-state index contributed by atoms with van der Waals surface area (Å²) in [5.41, 5.74) is 0.610. The van der Waals surface area contributed by atoms with Crippen molar-refractivity contribution in [3.8, 4) is 0 Å². The van der Waals surface area contributed by atoms with Crippen molar-refractivity contribution >= 4 is 5.78 Å². The fourth-order valence-corrected chi connectivity index (χ4v) is 2.10. The van der Waals surface area contributed by atoms with E-state index in [0.29, 0.717) is 18.2 Å². The molecule has 0 unspecified atom stereocenters. The quantitative estimate of drug-likeness (QED) is 0.691. The Hall–Kier alpha value is -1.22. The number of rotatable bonds is 7. The first kappa shape index (κ1) is 13.2. The number of hydrogen-bond donors (Lipinski definition) is 0. The van der Waals surface area contributed by atoms with Crippen molar-refractivity contribution in [1.29, 1.82) is 0 Å². The molecule has 1 saturated carbocycles. The number of Topliss-reactive ketones (excluding diaryl/α,β-unsaturated/α-hetero) is 1. The van der Waals surface area contributed by atoms with Crippen molar-refractivity contribution in [3.63, 3.8) is 0 Å². The van der Waals surface area contributed by atoms with E-state index in [9.17, 15) is 9.18 Å². The number of ketones is 1. The van der Waals surface area contributed by atoms with Crippen LogP contribution in [0, 0.1) is 5.82 Å². The molecule has 0 aromatic heterocycles. The minimum atomic E-state index is -0.295. The smallest absolute Gasteiger partial charge is 0.176 e. The van der Waals surface area contributed by atoms with Crippen LogP contribution in [0.3, 0.4) is 0 Å². The zero-order valence-electron chi connectivity index (χ0n) is 10.9. The summed E-state index contributed by atoms with van der Waals surface area (Å²) in [7, 11) is 0. The van der Waals surface area contributed by atoms with E-state index in [1.54, 1.807) is 12.1 Å². The third-order valence-electron chi connectivity index (χ3n) is 3.38. The van der Waals surface area contributed by atoms with Gasteiger partial charge in [-0.15, -0.1) is 0 Å². The third-order valence-corrected chi connectivity index (χ3v) is 3.38. The topological polar surface area (TPSA) is 20.3 Å². The largest absolute Gasteiger partial charge is 0.293 e. The second-order valence-electron chi connectivity index (χ2n) is 4.99. The summed E-state index contributed by atoms with van der Waals surface area (Å²) < 4.78 is 12.8. The second-order valence-corrected chi connectivity index (χ2v) is 4.99. The van der Waals surface area contributed by atoms with Crippen LogP contribution in [0.15, 0.2) is 24.3 Å². The van der Waals surface area contributed by atoms with Crippen LogP contribution in [-0.2, 0) is 0 Å². The first-order valence-corrected chi connectivity index (χ1v) is 6.73. The van der Waals surface area contributed by atoms with Crippen LogP contribution >= 0.6 is 0 Å². The molecule has 3 heteroatoms. The Morgan fingerprint density at radius 2 is 2.00 bits per heavy atom. The molecule has 1 aromatic rings. The molecule has 0 atom stereocenters. The zero-order valence-corrected chi connectivity index (χ0v) is 10.9. The van der Waals surface area contributed by atoms with Gasteiger partial charge in [0.15, 0.2) is 5.78 Å². The molecule has 0 saturated heterocycles. The molecule has 18 heavy (non-hydrogen) atoms. The van der Waals surface area contributed by atoms with Gasteiger partial charge in [-0.05, 0) is 50.1 Å². The van der Waals surface area contributed by atoms with Gasteiger partial charge in [0.25, 0.3) is 0 Å². The van der Waals surface area contributed by atoms with Crippen molar-refractivity contribution < 1.29 is 9.18 Å². The van der Waals surface area contributed by atoms with Gasteiger partial charge >= 0.3 is 0 Å². The van der Waals surface area contributed by atoms with Crippen LogP contribution in [0.1, 0.15) is 43.0 Å². The van der Waals surface area contributed by atoms with Gasteiger partial charge in [0.2, 0.25) is 0 Å². The fraction of sp³-hybridized carbons (Fsp3) is 0.533. The van der Waals surface area contributed by atoms with Crippen LogP contribution in [0.25, 0.3) is 0 Å². The highest BCUT2D eigenvalue weighted by Gasteiger charge is 2.29. The highest BCUT2D eigenvalue weighted by atomic mass is 19.1. The van der Waals surface area contributed by atoms with Crippen molar-refractivity contribution in [2.75, 3.05) is 13.1 Å². The van der Waals surface area contributed by atoms with Crippen molar-refractivity contribution in [2.24, 2.45) is 0 Å². The molecule has 0 aliphatic heterocycles. The molecule has 0 N–H and O–H groups in total. The first-order chi connectivity index (χ1) is 8.70. The number of carbonyl (C=O) groups is 1. The Morgan fingerprint density at radius 1 is 1.33 bits per heavy atom. The number of halogens is 1. The monoisotopic (exact) mass is 249 g/mol. The Balaban J connectivity index is 1.93. The summed E-state index contributed by atoms with van der Waals surface area (Å²) in [6, 6.07) is 6.44. The van der Waals surface area contributed by atoms with Gasteiger partial charge in [-0.3, -0.25) is 9.69 Å². The average Bonchev–Trinajstić information content (AvgIpc) is 3.19. The highest BCUT2D eigenvalue weighted by molar-refractivity contribution is 5.97. The second kappa shape index (κ2) is 6.10. The lowest BCUT2D eigenvalue weighted by molar-refractivity contribution is 0.0923. The predicted molar refractivity (Wildman–Crippen MR) is 70.2 cm³/mol. The summed E-state index contributed by atoms with van der Waals surface area (Å²) in [5.74, 6) is -0.199. The van der Waals surface area contributed by atoms with Crippen LogP contribution in [-0.4, -0.2) is 29.8 Å². The van der Waals surface area contributed by atoms with Crippen LogP contribution in [0.2, 0.25) is 0 Å². The van der Waals surface area contributed by atoms with Crippen LogP contribution in [0.5, 0.6) is 0 Å². The Kier molecular flexibility index (Phi) is 4.48. The van der Waals surface area contributed by atoms with Crippen LogP contribution in [0.4, 0.5) is 4.39 Å². The predicted octanol–water partition coefficient (Wildman–Crippen LogP) is 3.27. The van der Waals surface area contributed by atoms with Crippen LogP contribution < -0.4 is 0 Å². The number of carbonyl (C=O) groups excluding carboxylic acids is 1. The van der Waals surface area contributed by atoms with Crippen molar-refractivity contribution in [3.05, 3.63) is 35.6 Å². The molecule has 98 valence electrons. The SMILES string of the molecule is CCCCN(CC(=O)c1ccc(F)cc1)C1CC1. The van der Waals surface area contributed by atoms with Gasteiger partial charge in [0.1, 0.15) is 5.82 Å². The number of benzene rings is 1. The lowest BCUT2D eigenvalue weighted by Crippen LogP contribution is -2.32. The number of hydrogen-bond acceptors (Lipinski definition) is 2. The van der Waals surface area contributed by atoms with E-state index in [2.05, 4.69) is 11.8 Å². The van der Waals surface area contributed by atoms with Gasteiger partial charge in [0, 0.05) is 11.6 Å². The van der Waals surface area contributed by atoms with E-state index in [1.165, 1.54) is 25.0 Å². The molecule has 1 fully saturated rings. The average molecular weight is 249 g/mol. The van der Waals surface area contributed by atoms with Crippen molar-refractivity contribution in [1.82, 2.24) is 4.90 Å². The molecular weight excluding hydrogens is 229 g/mol. The van der Waals surface area contributed by atoms with E-state index in [-0.39, 0.29) is 11.6 Å². The molecule has 0 heterocycles. The molecule has 0 amide bonds. The molecule has 0 radical (unpaired) electrons. The Labute approximate surface area is 108 Å². The fourth-order valence-electron chi connectivity index (χ4n) is 2.10. The molecule has 1 aliphatic carbocycles. The number of unbranched alkanes of at least 4 members (excludes halogenated alkanes) is 1. The van der Waals surface area contributed by atoms with E-state index >= 15 is 0 Å².